The lowest BCUT2D eigenvalue weighted by Crippen LogP contribution is -2.31. The average Bonchev–Trinajstić information content (AvgIpc) is 1.63. The Kier molecular flexibility index (Phi) is 6.82. The molecular weight excluding hydrogens is 154 g/mol. The Morgan fingerprint density at radius 3 is 2.10 bits per heavy atom. The molecule has 0 amide bonds. The molecule has 0 radical (unpaired) electrons. The van der Waals surface area contributed by atoms with Gasteiger partial charge in [0.15, 0.2) is 0 Å². The molecule has 0 atom stereocenters. The van der Waals surface area contributed by atoms with Crippen LogP contribution in [0.15, 0.2) is 0 Å². The van der Waals surface area contributed by atoms with E-state index in [1.54, 1.807) is 11.9 Å². The standard InChI is InChI=1S/C6H13NO2.ClH/c1-5(2)7(3)4-6(8)9;/h5H,4H2,1-3H3,(H,8,9);1H. The Bertz CT molecular complexity index is 106. The number of hydrogen-bond acceptors (Lipinski definition) is 2. The lowest BCUT2D eigenvalue weighted by molar-refractivity contribution is -0.138. The third-order valence-electron chi connectivity index (χ3n) is 1.27. The van der Waals surface area contributed by atoms with Crippen LogP contribution in [0, 0.1) is 0 Å². The van der Waals surface area contributed by atoms with Crippen molar-refractivity contribution < 1.29 is 9.90 Å². The van der Waals surface area contributed by atoms with Crippen molar-refractivity contribution in [2.75, 3.05) is 13.6 Å². The van der Waals surface area contributed by atoms with Crippen LogP contribution in [0.1, 0.15) is 13.8 Å². The summed E-state index contributed by atoms with van der Waals surface area (Å²) >= 11 is 0. The molecule has 1 N–H and O–H groups in total. The molecule has 0 aromatic rings. The fourth-order valence-corrected chi connectivity index (χ4v) is 0.396. The fraction of sp³-hybridized carbons (Fsp3) is 0.833. The van der Waals surface area contributed by atoms with E-state index < -0.39 is 5.97 Å². The molecule has 3 nitrogen and oxygen atoms in total. The number of halogens is 1. The highest BCUT2D eigenvalue weighted by Crippen LogP contribution is 1.90. The van der Waals surface area contributed by atoms with Gasteiger partial charge in [0.25, 0.3) is 0 Å². The van der Waals surface area contributed by atoms with E-state index in [0.717, 1.165) is 0 Å². The molecule has 62 valence electrons. The number of nitrogens with zero attached hydrogens (tertiary/aromatic N) is 1. The Labute approximate surface area is 67.4 Å². The van der Waals surface area contributed by atoms with Crippen molar-refractivity contribution in [2.45, 2.75) is 19.9 Å². The molecule has 10 heavy (non-hydrogen) atoms. The van der Waals surface area contributed by atoms with Crippen LogP contribution < -0.4 is 0 Å². The average molecular weight is 168 g/mol. The summed E-state index contributed by atoms with van der Waals surface area (Å²) in [7, 11) is 1.79. The summed E-state index contributed by atoms with van der Waals surface area (Å²) in [5.41, 5.74) is 0. The van der Waals surface area contributed by atoms with Crippen molar-refractivity contribution in [1.29, 1.82) is 0 Å². The van der Waals surface area contributed by atoms with Crippen LogP contribution in [-0.4, -0.2) is 35.6 Å². The monoisotopic (exact) mass is 167 g/mol. The second-order valence-corrected chi connectivity index (χ2v) is 2.40. The van der Waals surface area contributed by atoms with Gasteiger partial charge in [0.05, 0.1) is 6.54 Å². The predicted molar refractivity (Wildman–Crippen MR) is 42.6 cm³/mol. The van der Waals surface area contributed by atoms with Crippen LogP contribution >= 0.6 is 12.4 Å². The molecule has 0 aliphatic carbocycles. The van der Waals surface area contributed by atoms with Gasteiger partial charge in [0.1, 0.15) is 0 Å². The molecule has 0 aliphatic heterocycles. The maximum Gasteiger partial charge on any atom is 0.317 e. The molecular formula is C6H14ClNO2. The first-order valence-corrected chi connectivity index (χ1v) is 2.96. The van der Waals surface area contributed by atoms with Gasteiger partial charge in [0, 0.05) is 6.04 Å². The molecule has 0 fully saturated rings. The zero-order valence-electron chi connectivity index (χ0n) is 6.50. The molecule has 0 aromatic heterocycles. The lowest BCUT2D eigenvalue weighted by atomic mass is 10.3. The van der Waals surface area contributed by atoms with E-state index in [4.69, 9.17) is 5.11 Å². The van der Waals surface area contributed by atoms with Crippen molar-refractivity contribution in [2.24, 2.45) is 0 Å². The number of carbonyl (C=O) groups is 1. The summed E-state index contributed by atoms with van der Waals surface area (Å²) in [6.45, 7) is 4.05. The normalized spacial score (nSPS) is 9.70. The SMILES string of the molecule is CC(C)N(C)CC(=O)O.Cl. The topological polar surface area (TPSA) is 40.5 Å². The number of aliphatic carboxylic acids is 1. The number of carboxylic acid groups (broad SMARTS) is 1. The van der Waals surface area contributed by atoms with Gasteiger partial charge in [-0.25, -0.2) is 0 Å². The van der Waals surface area contributed by atoms with E-state index in [1.165, 1.54) is 0 Å². The van der Waals surface area contributed by atoms with Gasteiger partial charge in [-0.05, 0) is 20.9 Å². The van der Waals surface area contributed by atoms with E-state index >= 15 is 0 Å². The van der Waals surface area contributed by atoms with Crippen LogP contribution in [0.2, 0.25) is 0 Å². The second-order valence-electron chi connectivity index (χ2n) is 2.40. The number of likely N-dealkylation sites (N-methyl/N-ethyl adjacent to an activating group) is 1. The molecule has 0 unspecified atom stereocenters. The summed E-state index contributed by atoms with van der Waals surface area (Å²) in [5, 5.41) is 8.29. The van der Waals surface area contributed by atoms with Crippen molar-refractivity contribution in [1.82, 2.24) is 4.90 Å². The van der Waals surface area contributed by atoms with E-state index in [1.807, 2.05) is 13.8 Å². The van der Waals surface area contributed by atoms with Crippen molar-refractivity contribution in [3.8, 4) is 0 Å². The molecule has 0 rings (SSSR count). The third kappa shape index (κ3) is 5.85. The highest BCUT2D eigenvalue weighted by Gasteiger charge is 2.05. The van der Waals surface area contributed by atoms with Crippen LogP contribution in [0.3, 0.4) is 0 Å². The molecule has 0 bridgehead atoms. The first kappa shape index (κ1) is 12.4. The maximum atomic E-state index is 10.1. The number of rotatable bonds is 3. The Morgan fingerprint density at radius 2 is 2.00 bits per heavy atom. The highest BCUT2D eigenvalue weighted by atomic mass is 35.5. The minimum atomic E-state index is -0.772. The van der Waals surface area contributed by atoms with E-state index in [-0.39, 0.29) is 19.0 Å². The molecule has 0 spiro atoms. The number of hydrogen-bond donors (Lipinski definition) is 1. The van der Waals surface area contributed by atoms with E-state index in [9.17, 15) is 4.79 Å². The van der Waals surface area contributed by atoms with E-state index in [0.29, 0.717) is 6.04 Å². The Morgan fingerprint density at radius 1 is 1.60 bits per heavy atom. The van der Waals surface area contributed by atoms with Crippen LogP contribution in [0.25, 0.3) is 0 Å². The van der Waals surface area contributed by atoms with Gasteiger partial charge >= 0.3 is 5.97 Å². The van der Waals surface area contributed by atoms with Gasteiger partial charge in [-0.1, -0.05) is 0 Å². The first-order chi connectivity index (χ1) is 4.04. The molecule has 4 heteroatoms. The zero-order chi connectivity index (χ0) is 7.44. The molecule has 0 saturated heterocycles. The van der Waals surface area contributed by atoms with Crippen LogP contribution in [0.4, 0.5) is 0 Å². The smallest absolute Gasteiger partial charge is 0.317 e. The van der Waals surface area contributed by atoms with Gasteiger partial charge in [-0.2, -0.15) is 0 Å². The maximum absolute atomic E-state index is 10.1. The predicted octanol–water partition coefficient (Wildman–Crippen LogP) is 0.833. The summed E-state index contributed by atoms with van der Waals surface area (Å²) in [5.74, 6) is -0.772. The molecule has 0 heterocycles. The van der Waals surface area contributed by atoms with Crippen molar-refractivity contribution in [3.63, 3.8) is 0 Å². The largest absolute Gasteiger partial charge is 0.480 e. The summed E-state index contributed by atoms with van der Waals surface area (Å²) in [4.78, 5) is 11.8. The fourth-order valence-electron chi connectivity index (χ4n) is 0.396. The van der Waals surface area contributed by atoms with Crippen LogP contribution in [0.5, 0.6) is 0 Å². The minimum absolute atomic E-state index is 0. The van der Waals surface area contributed by atoms with Crippen molar-refractivity contribution in [3.05, 3.63) is 0 Å². The molecule has 0 saturated carbocycles. The summed E-state index contributed by atoms with van der Waals surface area (Å²) in [6.07, 6.45) is 0. The van der Waals surface area contributed by atoms with Gasteiger partial charge in [-0.3, -0.25) is 9.69 Å². The van der Waals surface area contributed by atoms with E-state index in [2.05, 4.69) is 0 Å². The van der Waals surface area contributed by atoms with Gasteiger partial charge < -0.3 is 5.11 Å². The third-order valence-corrected chi connectivity index (χ3v) is 1.27. The summed E-state index contributed by atoms with van der Waals surface area (Å²) < 4.78 is 0. The molecule has 0 aliphatic rings. The Balaban J connectivity index is 0. The first-order valence-electron chi connectivity index (χ1n) is 2.96. The van der Waals surface area contributed by atoms with Gasteiger partial charge in [-0.15, -0.1) is 12.4 Å². The van der Waals surface area contributed by atoms with Crippen molar-refractivity contribution >= 4 is 18.4 Å². The Hall–Kier alpha value is -0.280. The minimum Gasteiger partial charge on any atom is -0.480 e. The van der Waals surface area contributed by atoms with Crippen LogP contribution in [-0.2, 0) is 4.79 Å². The highest BCUT2D eigenvalue weighted by molar-refractivity contribution is 5.85. The molecule has 0 aromatic carbocycles. The zero-order valence-corrected chi connectivity index (χ0v) is 7.31. The summed E-state index contributed by atoms with van der Waals surface area (Å²) in [6, 6.07) is 0.307. The quantitative estimate of drug-likeness (QED) is 0.677. The van der Waals surface area contributed by atoms with Gasteiger partial charge in [0.2, 0.25) is 0 Å². The lowest BCUT2D eigenvalue weighted by Gasteiger charge is -2.17. The second kappa shape index (κ2) is 5.50. The number of carboxylic acids is 1.